The number of fused-ring (bicyclic) bond motifs is 5. The minimum absolute atomic E-state index is 0.234. The van der Waals surface area contributed by atoms with Crippen molar-refractivity contribution in [1.82, 2.24) is 54.3 Å². The Hall–Kier alpha value is -5.39. The lowest BCUT2D eigenvalue weighted by atomic mass is 9.86. The first kappa shape index (κ1) is 22.6. The van der Waals surface area contributed by atoms with Crippen molar-refractivity contribution in [1.29, 1.82) is 0 Å². The molecule has 0 unspecified atom stereocenters. The van der Waals surface area contributed by atoms with Crippen molar-refractivity contribution in [2.24, 2.45) is 14.1 Å². The van der Waals surface area contributed by atoms with Gasteiger partial charge in [0, 0.05) is 59.3 Å². The Morgan fingerprint density at radius 3 is 2.62 bits per heavy atom. The molecule has 1 atom stereocenters. The number of nitrogens with one attached hydrogen (secondary N) is 1. The highest BCUT2D eigenvalue weighted by molar-refractivity contribution is 5.95. The van der Waals surface area contributed by atoms with Crippen LogP contribution in [0.2, 0.25) is 0 Å². The van der Waals surface area contributed by atoms with Crippen molar-refractivity contribution >= 4 is 16.6 Å². The van der Waals surface area contributed by atoms with Crippen LogP contribution in [0.3, 0.4) is 0 Å². The maximum Gasteiger partial charge on any atom is 0.244 e. The van der Waals surface area contributed by atoms with Gasteiger partial charge in [0.2, 0.25) is 11.8 Å². The summed E-state index contributed by atoms with van der Waals surface area (Å²) in [6.07, 6.45) is 7.32. The van der Waals surface area contributed by atoms with Gasteiger partial charge in [-0.25, -0.2) is 19.5 Å². The number of hydrogen-bond donors (Lipinski definition) is 1. The van der Waals surface area contributed by atoms with Gasteiger partial charge in [-0.2, -0.15) is 10.2 Å². The number of pyridine rings is 1. The molecule has 12 nitrogen and oxygen atoms in total. The molecule has 1 aliphatic rings. The second-order valence-electron chi connectivity index (χ2n) is 10.1. The van der Waals surface area contributed by atoms with Crippen molar-refractivity contribution in [2.75, 3.05) is 0 Å². The molecule has 6 aromatic heterocycles. The highest BCUT2D eigenvalue weighted by Crippen LogP contribution is 2.48. The summed E-state index contributed by atoms with van der Waals surface area (Å²) < 4.78 is 11.5. The summed E-state index contributed by atoms with van der Waals surface area (Å²) in [5, 5.41) is 22.2. The Bertz CT molecular complexity index is 2110. The van der Waals surface area contributed by atoms with Crippen molar-refractivity contribution in [3.63, 3.8) is 0 Å². The third-order valence-corrected chi connectivity index (χ3v) is 7.64. The minimum atomic E-state index is -0.234. The van der Waals surface area contributed by atoms with E-state index in [0.29, 0.717) is 23.2 Å². The number of benzene rings is 1. The number of aromatic amines is 1. The zero-order valence-corrected chi connectivity index (χ0v) is 22.2. The fourth-order valence-electron chi connectivity index (χ4n) is 5.55. The molecule has 0 spiro atoms. The molecule has 0 fully saturated rings. The molecule has 40 heavy (non-hydrogen) atoms. The number of aryl methyl sites for hydroxylation is 3. The van der Waals surface area contributed by atoms with E-state index in [1.165, 1.54) is 0 Å². The Labute approximate surface area is 227 Å². The van der Waals surface area contributed by atoms with E-state index in [0.717, 1.165) is 55.8 Å². The smallest absolute Gasteiger partial charge is 0.244 e. The van der Waals surface area contributed by atoms with Gasteiger partial charge in [-0.15, -0.1) is 10.2 Å². The molecule has 0 amide bonds. The standard InChI is InChI=1S/C28H23N11O/c1-14-22-23(16-10-30-37(3)12-16)24-26-33-25(36-39(26)13-29-27(24)40-28(22)35-34-14)18-9-21(19-11-31-38(4)15(19)2)32-20-8-6-5-7-17(18)20/h5-13,23H,1-4H3,(H,34,35)/t23-/m1/s1. The van der Waals surface area contributed by atoms with E-state index in [2.05, 4.69) is 25.4 Å². The minimum Gasteiger partial charge on any atom is -0.418 e. The molecule has 12 heteroatoms. The number of aromatic nitrogens is 11. The lowest BCUT2D eigenvalue weighted by molar-refractivity contribution is 0.416. The van der Waals surface area contributed by atoms with Crippen molar-refractivity contribution in [2.45, 2.75) is 19.8 Å². The van der Waals surface area contributed by atoms with Crippen molar-refractivity contribution < 1.29 is 4.74 Å². The molecule has 0 radical (unpaired) electrons. The molecule has 7 heterocycles. The largest absolute Gasteiger partial charge is 0.418 e. The summed E-state index contributed by atoms with van der Waals surface area (Å²) in [4.78, 5) is 14.7. The number of hydrogen-bond acceptors (Lipinski definition) is 8. The molecule has 8 rings (SSSR count). The highest BCUT2D eigenvalue weighted by Gasteiger charge is 2.37. The average molecular weight is 530 g/mol. The summed E-state index contributed by atoms with van der Waals surface area (Å²) in [5.41, 5.74) is 8.82. The molecule has 7 aromatic rings. The van der Waals surface area contributed by atoms with Crippen LogP contribution in [0.15, 0.2) is 55.2 Å². The monoisotopic (exact) mass is 529 g/mol. The number of nitrogens with zero attached hydrogens (tertiary/aromatic N) is 10. The summed E-state index contributed by atoms with van der Waals surface area (Å²) in [6, 6.07) is 10.1. The van der Waals surface area contributed by atoms with Gasteiger partial charge in [0.1, 0.15) is 6.33 Å². The van der Waals surface area contributed by atoms with Crippen LogP contribution in [0.25, 0.3) is 39.2 Å². The first-order valence-electron chi connectivity index (χ1n) is 12.8. The maximum absolute atomic E-state index is 6.16. The predicted molar refractivity (Wildman–Crippen MR) is 146 cm³/mol. The zero-order valence-electron chi connectivity index (χ0n) is 22.2. The van der Waals surface area contributed by atoms with E-state index < -0.39 is 0 Å². The lowest BCUT2D eigenvalue weighted by Gasteiger charge is -2.24. The van der Waals surface area contributed by atoms with E-state index in [1.54, 1.807) is 15.5 Å². The lowest BCUT2D eigenvalue weighted by Crippen LogP contribution is -2.14. The third kappa shape index (κ3) is 3.16. The van der Waals surface area contributed by atoms with Gasteiger partial charge in [-0.05, 0) is 26.0 Å². The number of ether oxygens (including phenoxy) is 1. The second-order valence-corrected chi connectivity index (χ2v) is 10.1. The van der Waals surface area contributed by atoms with Gasteiger partial charge in [0.25, 0.3) is 0 Å². The summed E-state index contributed by atoms with van der Waals surface area (Å²) in [7, 11) is 3.82. The normalized spacial score (nSPS) is 14.4. The molecule has 1 N–H and O–H groups in total. The van der Waals surface area contributed by atoms with E-state index in [9.17, 15) is 0 Å². The molecule has 1 aromatic carbocycles. The van der Waals surface area contributed by atoms with E-state index in [1.807, 2.05) is 81.5 Å². The molecule has 1 aliphatic heterocycles. The maximum atomic E-state index is 6.16. The molecular formula is C28H23N11O. The summed E-state index contributed by atoms with van der Waals surface area (Å²) in [6.45, 7) is 4.02. The fraction of sp³-hybridized carbons (Fsp3) is 0.179. The predicted octanol–water partition coefficient (Wildman–Crippen LogP) is 4.10. The zero-order chi connectivity index (χ0) is 27.1. The van der Waals surface area contributed by atoms with Gasteiger partial charge in [0.05, 0.1) is 35.1 Å². The van der Waals surface area contributed by atoms with Gasteiger partial charge in [-0.3, -0.25) is 14.5 Å². The van der Waals surface area contributed by atoms with Crippen LogP contribution in [0.4, 0.5) is 0 Å². The van der Waals surface area contributed by atoms with Gasteiger partial charge in [0.15, 0.2) is 11.5 Å². The molecule has 0 saturated carbocycles. The van der Waals surface area contributed by atoms with Gasteiger partial charge in [-0.1, -0.05) is 18.2 Å². The Balaban J connectivity index is 1.38. The Kier molecular flexibility index (Phi) is 4.55. The Morgan fingerprint density at radius 2 is 1.82 bits per heavy atom. The van der Waals surface area contributed by atoms with Crippen LogP contribution in [0, 0.1) is 13.8 Å². The number of para-hydroxylation sites is 1. The average Bonchev–Trinajstić information content (AvgIpc) is 3.75. The van der Waals surface area contributed by atoms with Crippen LogP contribution < -0.4 is 4.74 Å². The summed E-state index contributed by atoms with van der Waals surface area (Å²) >= 11 is 0. The summed E-state index contributed by atoms with van der Waals surface area (Å²) in [5.74, 6) is 1.29. The van der Waals surface area contributed by atoms with Crippen LogP contribution in [0.1, 0.15) is 34.0 Å². The van der Waals surface area contributed by atoms with E-state index >= 15 is 0 Å². The third-order valence-electron chi connectivity index (χ3n) is 7.64. The topological polar surface area (TPSA) is 130 Å². The number of rotatable bonds is 3. The molecule has 0 aliphatic carbocycles. The van der Waals surface area contributed by atoms with Crippen molar-refractivity contribution in [3.05, 3.63) is 83.3 Å². The van der Waals surface area contributed by atoms with Gasteiger partial charge >= 0.3 is 0 Å². The fourth-order valence-corrected chi connectivity index (χ4v) is 5.55. The Morgan fingerprint density at radius 1 is 0.950 bits per heavy atom. The van der Waals surface area contributed by atoms with Crippen LogP contribution in [0.5, 0.6) is 11.8 Å². The number of H-pyrrole nitrogens is 1. The van der Waals surface area contributed by atoms with Crippen LogP contribution >= 0.6 is 0 Å². The quantitative estimate of drug-likeness (QED) is 0.362. The molecule has 196 valence electrons. The highest BCUT2D eigenvalue weighted by atomic mass is 16.5. The molecular weight excluding hydrogens is 506 g/mol. The first-order valence-corrected chi connectivity index (χ1v) is 12.8. The van der Waals surface area contributed by atoms with E-state index in [4.69, 9.17) is 19.8 Å². The van der Waals surface area contributed by atoms with Crippen LogP contribution in [-0.4, -0.2) is 54.3 Å². The second kappa shape index (κ2) is 8.06. The SMILES string of the molecule is Cc1[nH]nc2c1[C@@H](c1cnn(C)c1)c1c(ncn3nc(-c4cc(-c5cnn(C)c5C)nc5ccccc45)nc13)O2. The van der Waals surface area contributed by atoms with E-state index in [-0.39, 0.29) is 5.92 Å². The molecule has 0 bridgehead atoms. The first-order chi connectivity index (χ1) is 19.5. The van der Waals surface area contributed by atoms with Gasteiger partial charge < -0.3 is 4.74 Å². The van der Waals surface area contributed by atoms with Crippen LogP contribution in [-0.2, 0) is 14.1 Å². The van der Waals surface area contributed by atoms with Crippen molar-refractivity contribution in [3.8, 4) is 34.4 Å². The molecule has 0 saturated heterocycles.